The van der Waals surface area contributed by atoms with Crippen molar-refractivity contribution in [3.8, 4) is 17.2 Å². The van der Waals surface area contributed by atoms with Crippen LogP contribution in [0.5, 0.6) is 17.2 Å². The molecule has 5 nitrogen and oxygen atoms in total. The lowest BCUT2D eigenvalue weighted by molar-refractivity contribution is -0.125. The van der Waals surface area contributed by atoms with E-state index in [9.17, 15) is 4.79 Å². The van der Waals surface area contributed by atoms with Crippen LogP contribution >= 0.6 is 0 Å². The first-order valence-corrected chi connectivity index (χ1v) is 8.26. The average Bonchev–Trinajstić information content (AvgIpc) is 2.61. The van der Waals surface area contributed by atoms with E-state index < -0.39 is 0 Å². The molecule has 1 aromatic carbocycles. The van der Waals surface area contributed by atoms with E-state index in [0.717, 1.165) is 24.2 Å². The zero-order valence-corrected chi connectivity index (χ0v) is 14.3. The predicted octanol–water partition coefficient (Wildman–Crippen LogP) is 2.95. The van der Waals surface area contributed by atoms with E-state index in [4.69, 9.17) is 14.2 Å². The van der Waals surface area contributed by atoms with Gasteiger partial charge in [-0.15, -0.1) is 0 Å². The first-order chi connectivity index (χ1) is 11.2. The first kappa shape index (κ1) is 17.4. The molecule has 0 heterocycles. The molecule has 1 saturated carbocycles. The van der Waals surface area contributed by atoms with Gasteiger partial charge in [0.25, 0.3) is 0 Å². The number of amides is 1. The van der Waals surface area contributed by atoms with E-state index in [1.54, 1.807) is 27.4 Å². The fourth-order valence-electron chi connectivity index (χ4n) is 3.15. The van der Waals surface area contributed by atoms with E-state index in [1.807, 2.05) is 6.07 Å². The van der Waals surface area contributed by atoms with Gasteiger partial charge < -0.3 is 19.5 Å². The zero-order valence-electron chi connectivity index (χ0n) is 14.3. The van der Waals surface area contributed by atoms with Crippen molar-refractivity contribution in [3.05, 3.63) is 17.7 Å². The van der Waals surface area contributed by atoms with Crippen LogP contribution in [-0.4, -0.2) is 33.8 Å². The number of carbonyl (C=O) groups is 1. The number of rotatable bonds is 7. The molecule has 1 aliphatic rings. The van der Waals surface area contributed by atoms with E-state index in [1.165, 1.54) is 19.3 Å². The molecule has 1 amide bonds. The fourth-order valence-corrected chi connectivity index (χ4v) is 3.15. The average molecular weight is 321 g/mol. The van der Waals surface area contributed by atoms with Crippen LogP contribution in [0.3, 0.4) is 0 Å². The second kappa shape index (κ2) is 8.65. The molecule has 1 aromatic rings. The Balaban J connectivity index is 1.97. The minimum absolute atomic E-state index is 0.179. The van der Waals surface area contributed by atoms with Crippen molar-refractivity contribution in [3.63, 3.8) is 0 Å². The summed E-state index contributed by atoms with van der Waals surface area (Å²) in [5.41, 5.74) is 0.965. The third kappa shape index (κ3) is 4.53. The largest absolute Gasteiger partial charge is 0.497 e. The topological polar surface area (TPSA) is 56.8 Å². The summed E-state index contributed by atoms with van der Waals surface area (Å²) in [5, 5.41) is 3.05. The summed E-state index contributed by atoms with van der Waals surface area (Å²) in [7, 11) is 4.84. The highest BCUT2D eigenvalue weighted by Crippen LogP contribution is 2.35. The Bertz CT molecular complexity index is 524. The normalized spacial score (nSPS) is 15.1. The third-order valence-corrected chi connectivity index (χ3v) is 4.43. The van der Waals surface area contributed by atoms with Gasteiger partial charge in [0.15, 0.2) is 11.5 Å². The number of nitrogens with one attached hydrogen (secondary N) is 1. The van der Waals surface area contributed by atoms with Gasteiger partial charge in [-0.05, 0) is 25.3 Å². The van der Waals surface area contributed by atoms with Crippen LogP contribution in [0.15, 0.2) is 12.1 Å². The zero-order chi connectivity index (χ0) is 16.7. The van der Waals surface area contributed by atoms with Crippen LogP contribution in [0.1, 0.15) is 37.7 Å². The van der Waals surface area contributed by atoms with Gasteiger partial charge >= 0.3 is 0 Å². The summed E-state index contributed by atoms with van der Waals surface area (Å²) in [6.07, 6.45) is 6.29. The molecule has 128 valence electrons. The molecule has 0 atom stereocenters. The maximum Gasteiger partial charge on any atom is 0.223 e. The van der Waals surface area contributed by atoms with Crippen LogP contribution in [0, 0.1) is 5.92 Å². The van der Waals surface area contributed by atoms with Crippen LogP contribution in [0.25, 0.3) is 0 Å². The molecule has 0 unspecified atom stereocenters. The van der Waals surface area contributed by atoms with Gasteiger partial charge in [0, 0.05) is 24.1 Å². The van der Waals surface area contributed by atoms with E-state index in [-0.39, 0.29) is 11.8 Å². The van der Waals surface area contributed by atoms with Crippen molar-refractivity contribution >= 4 is 5.91 Å². The Morgan fingerprint density at radius 2 is 1.83 bits per heavy atom. The van der Waals surface area contributed by atoms with Gasteiger partial charge in [-0.25, -0.2) is 0 Å². The number of carbonyl (C=O) groups excluding carboxylic acids is 1. The lowest BCUT2D eigenvalue weighted by Gasteiger charge is -2.21. The summed E-state index contributed by atoms with van der Waals surface area (Å²) in [5.74, 6) is 2.42. The van der Waals surface area contributed by atoms with Crippen molar-refractivity contribution < 1.29 is 19.0 Å². The number of methoxy groups -OCH3 is 3. The van der Waals surface area contributed by atoms with Crippen molar-refractivity contribution in [2.24, 2.45) is 5.92 Å². The standard InChI is InChI=1S/C18H27NO4/c1-21-15-11-14(17(23-3)16(12-15)22-2)9-10-19-18(20)13-7-5-4-6-8-13/h11-13H,4-10H2,1-3H3,(H,19,20). The Morgan fingerprint density at radius 1 is 1.09 bits per heavy atom. The third-order valence-electron chi connectivity index (χ3n) is 4.43. The van der Waals surface area contributed by atoms with Gasteiger partial charge in [0.05, 0.1) is 21.3 Å². The summed E-state index contributed by atoms with van der Waals surface area (Å²) >= 11 is 0. The molecule has 0 spiro atoms. The highest BCUT2D eigenvalue weighted by Gasteiger charge is 2.21. The lowest BCUT2D eigenvalue weighted by Crippen LogP contribution is -2.33. The van der Waals surface area contributed by atoms with E-state index >= 15 is 0 Å². The fraction of sp³-hybridized carbons (Fsp3) is 0.611. The molecule has 0 bridgehead atoms. The van der Waals surface area contributed by atoms with Gasteiger partial charge in [0.2, 0.25) is 5.91 Å². The smallest absolute Gasteiger partial charge is 0.223 e. The van der Waals surface area contributed by atoms with Crippen LogP contribution in [-0.2, 0) is 11.2 Å². The quantitative estimate of drug-likeness (QED) is 0.839. The summed E-state index contributed by atoms with van der Waals surface area (Å²) in [6.45, 7) is 0.585. The Hall–Kier alpha value is -1.91. The van der Waals surface area contributed by atoms with Crippen molar-refractivity contribution in [2.75, 3.05) is 27.9 Å². The Morgan fingerprint density at radius 3 is 2.43 bits per heavy atom. The van der Waals surface area contributed by atoms with E-state index in [0.29, 0.717) is 24.5 Å². The molecule has 1 aliphatic carbocycles. The second-order valence-electron chi connectivity index (χ2n) is 5.90. The Labute approximate surface area is 138 Å². The van der Waals surface area contributed by atoms with E-state index in [2.05, 4.69) is 5.32 Å². The maximum absolute atomic E-state index is 12.2. The maximum atomic E-state index is 12.2. The minimum Gasteiger partial charge on any atom is -0.497 e. The molecule has 1 fully saturated rings. The molecule has 0 aliphatic heterocycles. The van der Waals surface area contributed by atoms with Gasteiger partial charge in [-0.3, -0.25) is 4.79 Å². The number of ether oxygens (including phenoxy) is 3. The van der Waals surface area contributed by atoms with Crippen LogP contribution in [0.2, 0.25) is 0 Å². The molecule has 5 heteroatoms. The number of benzene rings is 1. The van der Waals surface area contributed by atoms with Crippen LogP contribution in [0.4, 0.5) is 0 Å². The summed E-state index contributed by atoms with van der Waals surface area (Å²) in [4.78, 5) is 12.2. The summed E-state index contributed by atoms with van der Waals surface area (Å²) < 4.78 is 16.1. The van der Waals surface area contributed by atoms with Gasteiger partial charge in [-0.2, -0.15) is 0 Å². The molecular formula is C18H27NO4. The highest BCUT2D eigenvalue weighted by atomic mass is 16.5. The molecule has 23 heavy (non-hydrogen) atoms. The first-order valence-electron chi connectivity index (χ1n) is 8.26. The molecule has 0 radical (unpaired) electrons. The second-order valence-corrected chi connectivity index (χ2v) is 5.90. The molecule has 0 saturated heterocycles. The Kier molecular flexibility index (Phi) is 6.56. The molecule has 1 N–H and O–H groups in total. The van der Waals surface area contributed by atoms with Crippen molar-refractivity contribution in [1.29, 1.82) is 0 Å². The molecule has 0 aromatic heterocycles. The minimum atomic E-state index is 0.179. The summed E-state index contributed by atoms with van der Waals surface area (Å²) in [6, 6.07) is 3.72. The number of hydrogen-bond donors (Lipinski definition) is 1. The predicted molar refractivity (Wildman–Crippen MR) is 89.4 cm³/mol. The van der Waals surface area contributed by atoms with Gasteiger partial charge in [-0.1, -0.05) is 19.3 Å². The van der Waals surface area contributed by atoms with Crippen molar-refractivity contribution in [2.45, 2.75) is 38.5 Å². The van der Waals surface area contributed by atoms with Crippen molar-refractivity contribution in [1.82, 2.24) is 5.32 Å². The highest BCUT2D eigenvalue weighted by molar-refractivity contribution is 5.78. The monoisotopic (exact) mass is 321 g/mol. The van der Waals surface area contributed by atoms with Gasteiger partial charge in [0.1, 0.15) is 5.75 Å². The van der Waals surface area contributed by atoms with Crippen LogP contribution < -0.4 is 19.5 Å². The number of hydrogen-bond acceptors (Lipinski definition) is 4. The molecular weight excluding hydrogens is 294 g/mol. The molecule has 2 rings (SSSR count). The lowest BCUT2D eigenvalue weighted by atomic mass is 9.88. The SMILES string of the molecule is COc1cc(CCNC(=O)C2CCCCC2)c(OC)c(OC)c1.